The second-order valence-corrected chi connectivity index (χ2v) is 13.6. The summed E-state index contributed by atoms with van der Waals surface area (Å²) in [4.78, 5) is 13.2. The van der Waals surface area contributed by atoms with Crippen molar-refractivity contribution in [2.24, 2.45) is 5.92 Å². The number of sulfonamides is 2. The summed E-state index contributed by atoms with van der Waals surface area (Å²) in [5, 5.41) is 2.74. The molecule has 1 aliphatic rings. The topological polar surface area (TPSA) is 113 Å². The van der Waals surface area contributed by atoms with Gasteiger partial charge in [-0.3, -0.25) is 9.52 Å². The molecule has 1 aliphatic heterocycles. The number of anilines is 2. The predicted molar refractivity (Wildman–Crippen MR) is 149 cm³/mol. The fraction of sp³-hybridized carbons (Fsp3) is 0.321. The van der Waals surface area contributed by atoms with Crippen LogP contribution in [0.5, 0.6) is 0 Å². The van der Waals surface area contributed by atoms with Gasteiger partial charge in [0.1, 0.15) is 0 Å². The van der Waals surface area contributed by atoms with Gasteiger partial charge in [0.25, 0.3) is 15.9 Å². The zero-order valence-corrected chi connectivity index (χ0v) is 23.6. The molecule has 8 nitrogen and oxygen atoms in total. The molecule has 3 aromatic rings. The lowest BCUT2D eigenvalue weighted by molar-refractivity contribution is 0.102. The number of nitrogens with one attached hydrogen (secondary N) is 2. The molecule has 1 heterocycles. The summed E-state index contributed by atoms with van der Waals surface area (Å²) in [6.45, 7) is 8.55. The third kappa shape index (κ3) is 6.09. The first-order valence-electron chi connectivity index (χ1n) is 12.5. The van der Waals surface area contributed by atoms with Crippen molar-refractivity contribution >= 4 is 37.3 Å². The first-order valence-corrected chi connectivity index (χ1v) is 15.4. The Morgan fingerprint density at radius 2 is 1.45 bits per heavy atom. The second-order valence-electron chi connectivity index (χ2n) is 9.97. The van der Waals surface area contributed by atoms with Crippen LogP contribution in [0.2, 0.25) is 0 Å². The minimum absolute atomic E-state index is 0.0515. The average molecular weight is 556 g/mol. The van der Waals surface area contributed by atoms with Gasteiger partial charge in [0.15, 0.2) is 0 Å². The van der Waals surface area contributed by atoms with Gasteiger partial charge >= 0.3 is 0 Å². The number of hydrogen-bond acceptors (Lipinski definition) is 5. The van der Waals surface area contributed by atoms with Crippen molar-refractivity contribution in [3.8, 4) is 0 Å². The Morgan fingerprint density at radius 1 is 0.816 bits per heavy atom. The molecular formula is C28H33N3O5S2. The van der Waals surface area contributed by atoms with E-state index in [1.165, 1.54) is 40.7 Å². The molecule has 0 aromatic heterocycles. The van der Waals surface area contributed by atoms with Crippen LogP contribution in [0.4, 0.5) is 11.4 Å². The lowest BCUT2D eigenvalue weighted by Gasteiger charge is -2.29. The van der Waals surface area contributed by atoms with E-state index in [1.54, 1.807) is 19.1 Å². The van der Waals surface area contributed by atoms with Crippen molar-refractivity contribution < 1.29 is 21.6 Å². The van der Waals surface area contributed by atoms with Crippen molar-refractivity contribution in [1.29, 1.82) is 0 Å². The van der Waals surface area contributed by atoms with Gasteiger partial charge in [-0.2, -0.15) is 4.31 Å². The fourth-order valence-electron chi connectivity index (χ4n) is 4.43. The molecule has 38 heavy (non-hydrogen) atoms. The quantitative estimate of drug-likeness (QED) is 0.422. The summed E-state index contributed by atoms with van der Waals surface area (Å²) in [5.74, 6) is 0.0144. The smallest absolute Gasteiger partial charge is 0.261 e. The van der Waals surface area contributed by atoms with E-state index in [1.807, 2.05) is 26.0 Å². The maximum atomic E-state index is 13.2. The minimum Gasteiger partial charge on any atom is -0.322 e. The Kier molecular flexibility index (Phi) is 7.96. The summed E-state index contributed by atoms with van der Waals surface area (Å²) in [7, 11) is -7.53. The molecule has 10 heteroatoms. The van der Waals surface area contributed by atoms with E-state index in [2.05, 4.69) is 17.0 Å². The number of nitrogens with zero attached hydrogens (tertiary/aromatic N) is 1. The van der Waals surface area contributed by atoms with Crippen LogP contribution in [0.25, 0.3) is 0 Å². The van der Waals surface area contributed by atoms with Crippen LogP contribution in [-0.4, -0.2) is 40.1 Å². The molecule has 0 saturated carbocycles. The number of aryl methyl sites for hydroxylation is 3. The standard InChI is InChI=1S/C28H33N3O5S2/c1-19-13-15-31(16-14-19)38(35,36)25-9-6-21(3)26(18-25)28(32)29-23-7-10-24(11-8-23)37(33,34)30-27-12-5-20(2)17-22(27)4/h5-12,17-19,30H,13-16H2,1-4H3,(H,29,32). The summed E-state index contributed by atoms with van der Waals surface area (Å²) < 4.78 is 56.1. The SMILES string of the molecule is Cc1ccc(NS(=O)(=O)c2ccc(NC(=O)c3cc(S(=O)(=O)N4CCC(C)CC4)ccc3C)cc2)c(C)c1. The van der Waals surface area contributed by atoms with Crippen molar-refractivity contribution in [3.05, 3.63) is 82.9 Å². The van der Waals surface area contributed by atoms with Crippen molar-refractivity contribution in [3.63, 3.8) is 0 Å². The zero-order valence-electron chi connectivity index (χ0n) is 22.0. The van der Waals surface area contributed by atoms with Gasteiger partial charge in [0, 0.05) is 24.3 Å². The van der Waals surface area contributed by atoms with E-state index in [0.29, 0.717) is 35.9 Å². The molecule has 0 atom stereocenters. The molecule has 0 unspecified atom stereocenters. The molecule has 0 radical (unpaired) electrons. The molecule has 0 aliphatic carbocycles. The molecule has 4 rings (SSSR count). The van der Waals surface area contributed by atoms with Gasteiger partial charge in [0.05, 0.1) is 15.5 Å². The van der Waals surface area contributed by atoms with Crippen molar-refractivity contribution in [2.75, 3.05) is 23.1 Å². The molecule has 3 aromatic carbocycles. The lowest BCUT2D eigenvalue weighted by Crippen LogP contribution is -2.38. The third-order valence-corrected chi connectivity index (χ3v) is 10.2. The highest BCUT2D eigenvalue weighted by Gasteiger charge is 2.29. The highest BCUT2D eigenvalue weighted by Crippen LogP contribution is 2.26. The van der Waals surface area contributed by atoms with E-state index < -0.39 is 26.0 Å². The van der Waals surface area contributed by atoms with Gasteiger partial charge in [0.2, 0.25) is 10.0 Å². The second kappa shape index (κ2) is 10.9. The van der Waals surface area contributed by atoms with E-state index in [9.17, 15) is 21.6 Å². The minimum atomic E-state index is -3.82. The molecular weight excluding hydrogens is 522 g/mol. The number of hydrogen-bond donors (Lipinski definition) is 2. The summed E-state index contributed by atoms with van der Waals surface area (Å²) in [6.07, 6.45) is 1.62. The Labute approximate surface area is 225 Å². The average Bonchev–Trinajstić information content (AvgIpc) is 2.86. The predicted octanol–water partition coefficient (Wildman–Crippen LogP) is 5.09. The Balaban J connectivity index is 1.50. The molecule has 0 bridgehead atoms. The van der Waals surface area contributed by atoms with Gasteiger partial charge < -0.3 is 5.32 Å². The van der Waals surface area contributed by atoms with Crippen molar-refractivity contribution in [2.45, 2.75) is 50.3 Å². The van der Waals surface area contributed by atoms with E-state index >= 15 is 0 Å². The zero-order chi connectivity index (χ0) is 27.7. The molecule has 1 amide bonds. The molecule has 1 saturated heterocycles. The van der Waals surface area contributed by atoms with Crippen LogP contribution in [0.15, 0.2) is 70.5 Å². The monoisotopic (exact) mass is 555 g/mol. The number of amides is 1. The van der Waals surface area contributed by atoms with E-state index in [4.69, 9.17) is 0 Å². The normalized spacial score (nSPS) is 15.3. The third-order valence-electron chi connectivity index (χ3n) is 6.88. The van der Waals surface area contributed by atoms with Crippen LogP contribution in [0, 0.1) is 26.7 Å². The maximum absolute atomic E-state index is 13.2. The van der Waals surface area contributed by atoms with Crippen LogP contribution in [-0.2, 0) is 20.0 Å². The highest BCUT2D eigenvalue weighted by molar-refractivity contribution is 7.92. The highest BCUT2D eigenvalue weighted by atomic mass is 32.2. The number of benzene rings is 3. The fourth-order valence-corrected chi connectivity index (χ4v) is 7.06. The summed E-state index contributed by atoms with van der Waals surface area (Å²) in [5.41, 5.74) is 3.60. The van der Waals surface area contributed by atoms with Gasteiger partial charge in [-0.1, -0.05) is 30.7 Å². The van der Waals surface area contributed by atoms with Gasteiger partial charge in [-0.25, -0.2) is 16.8 Å². The van der Waals surface area contributed by atoms with Gasteiger partial charge in [-0.15, -0.1) is 0 Å². The van der Waals surface area contributed by atoms with E-state index in [-0.39, 0.29) is 15.4 Å². The van der Waals surface area contributed by atoms with Crippen LogP contribution < -0.4 is 10.0 Å². The summed E-state index contributed by atoms with van der Waals surface area (Å²) in [6, 6.07) is 15.8. The van der Waals surface area contributed by atoms with Gasteiger partial charge in [-0.05, 0) is 93.1 Å². The number of carbonyl (C=O) groups is 1. The molecule has 2 N–H and O–H groups in total. The number of piperidine rings is 1. The Hall–Kier alpha value is -3.21. The first kappa shape index (κ1) is 27.8. The maximum Gasteiger partial charge on any atom is 0.261 e. The molecule has 0 spiro atoms. The largest absolute Gasteiger partial charge is 0.322 e. The van der Waals surface area contributed by atoms with Crippen LogP contribution in [0.3, 0.4) is 0 Å². The Morgan fingerprint density at radius 3 is 2.08 bits per heavy atom. The molecule has 1 fully saturated rings. The lowest BCUT2D eigenvalue weighted by atomic mass is 10.0. The van der Waals surface area contributed by atoms with Crippen LogP contribution >= 0.6 is 0 Å². The Bertz CT molecular complexity index is 1560. The number of rotatable bonds is 7. The molecule has 202 valence electrons. The summed E-state index contributed by atoms with van der Waals surface area (Å²) >= 11 is 0. The first-order chi connectivity index (χ1) is 17.9. The van der Waals surface area contributed by atoms with Crippen LogP contribution in [0.1, 0.15) is 46.8 Å². The number of carbonyl (C=O) groups excluding carboxylic acids is 1. The van der Waals surface area contributed by atoms with Crippen molar-refractivity contribution in [1.82, 2.24) is 4.31 Å². The van der Waals surface area contributed by atoms with E-state index in [0.717, 1.165) is 24.0 Å².